The Labute approximate surface area is 192 Å². The Morgan fingerprint density at radius 2 is 1.88 bits per heavy atom. The number of carbonyl (C=O) groups excluding carboxylic acids is 3. The summed E-state index contributed by atoms with van der Waals surface area (Å²) in [6.45, 7) is 9.92. The average molecular weight is 454 g/mol. The van der Waals surface area contributed by atoms with Crippen molar-refractivity contribution in [3.05, 3.63) is 41.7 Å². The molecule has 1 fully saturated rings. The molecule has 0 unspecified atom stereocenters. The fourth-order valence-corrected chi connectivity index (χ4v) is 4.73. The van der Waals surface area contributed by atoms with Crippen LogP contribution in [0.1, 0.15) is 45.9 Å². The number of thioether (sulfide) groups is 1. The second kappa shape index (κ2) is 7.58. The summed E-state index contributed by atoms with van der Waals surface area (Å²) in [6, 6.07) is 6.82. The van der Waals surface area contributed by atoms with Crippen LogP contribution in [0.4, 0.5) is 16.2 Å². The van der Waals surface area contributed by atoms with E-state index in [2.05, 4.69) is 23.8 Å². The molecular formula is C23H27N5O3S. The van der Waals surface area contributed by atoms with E-state index >= 15 is 0 Å². The van der Waals surface area contributed by atoms with Crippen molar-refractivity contribution >= 4 is 41.0 Å². The molecule has 0 N–H and O–H groups in total. The van der Waals surface area contributed by atoms with E-state index in [1.54, 1.807) is 43.1 Å². The standard InChI is InChI=1S/C23H27N5O3S/c1-14(29)26-13-22(2,3)17-8-7-16(11-18(17)26)28-19(30)23(4,5)27(21(28)31)12-15-9-10-24-20(25-15)32-6/h7-11H,12-13H2,1-6H3. The van der Waals surface area contributed by atoms with Crippen LogP contribution in [-0.2, 0) is 21.5 Å². The van der Waals surface area contributed by atoms with Gasteiger partial charge in [0.05, 0.1) is 17.9 Å². The van der Waals surface area contributed by atoms with Crippen molar-refractivity contribution in [1.29, 1.82) is 0 Å². The Balaban J connectivity index is 1.71. The van der Waals surface area contributed by atoms with Gasteiger partial charge in [-0.15, -0.1) is 0 Å². The van der Waals surface area contributed by atoms with Gasteiger partial charge >= 0.3 is 6.03 Å². The number of hydrogen-bond acceptors (Lipinski definition) is 6. The van der Waals surface area contributed by atoms with Gasteiger partial charge in [-0.3, -0.25) is 9.59 Å². The first kappa shape index (κ1) is 22.3. The van der Waals surface area contributed by atoms with Crippen molar-refractivity contribution in [2.24, 2.45) is 0 Å². The van der Waals surface area contributed by atoms with Gasteiger partial charge in [0.25, 0.3) is 5.91 Å². The zero-order chi connectivity index (χ0) is 23.4. The zero-order valence-corrected chi connectivity index (χ0v) is 20.0. The maximum atomic E-state index is 13.4. The molecule has 2 aromatic rings. The molecule has 0 spiro atoms. The number of imide groups is 1. The van der Waals surface area contributed by atoms with Crippen LogP contribution < -0.4 is 9.80 Å². The highest BCUT2D eigenvalue weighted by Gasteiger charge is 2.52. The molecule has 0 saturated carbocycles. The van der Waals surface area contributed by atoms with Gasteiger partial charge in [0, 0.05) is 30.8 Å². The van der Waals surface area contributed by atoms with Gasteiger partial charge in [-0.2, -0.15) is 0 Å². The SMILES string of the molecule is CSc1nccc(CN2C(=O)N(c3ccc4c(c3)N(C(C)=O)CC4(C)C)C(=O)C2(C)C)n1. The van der Waals surface area contributed by atoms with E-state index in [-0.39, 0.29) is 23.8 Å². The van der Waals surface area contributed by atoms with Crippen LogP contribution in [0.2, 0.25) is 0 Å². The van der Waals surface area contributed by atoms with Crippen LogP contribution in [0.3, 0.4) is 0 Å². The minimum atomic E-state index is -1.04. The number of hydrogen-bond donors (Lipinski definition) is 0. The van der Waals surface area contributed by atoms with Gasteiger partial charge in [0.15, 0.2) is 5.16 Å². The molecule has 4 rings (SSSR count). The predicted molar refractivity (Wildman–Crippen MR) is 124 cm³/mol. The fourth-order valence-electron chi connectivity index (χ4n) is 4.35. The first-order valence-electron chi connectivity index (χ1n) is 10.4. The average Bonchev–Trinajstić information content (AvgIpc) is 3.10. The quantitative estimate of drug-likeness (QED) is 0.399. The van der Waals surface area contributed by atoms with Gasteiger partial charge < -0.3 is 9.80 Å². The molecule has 0 bridgehead atoms. The van der Waals surface area contributed by atoms with Crippen LogP contribution in [0.15, 0.2) is 35.6 Å². The number of aromatic nitrogens is 2. The van der Waals surface area contributed by atoms with Crippen molar-refractivity contribution in [1.82, 2.24) is 14.9 Å². The zero-order valence-electron chi connectivity index (χ0n) is 19.2. The smallest absolute Gasteiger partial charge is 0.311 e. The Bertz CT molecular complexity index is 1130. The van der Waals surface area contributed by atoms with Gasteiger partial charge in [0.2, 0.25) is 5.91 Å². The van der Waals surface area contributed by atoms with E-state index in [9.17, 15) is 14.4 Å². The molecule has 32 heavy (non-hydrogen) atoms. The van der Waals surface area contributed by atoms with Crippen LogP contribution in [-0.4, -0.2) is 51.1 Å². The Hall–Kier alpha value is -2.94. The number of benzene rings is 1. The lowest BCUT2D eigenvalue weighted by atomic mass is 9.87. The third-order valence-electron chi connectivity index (χ3n) is 6.21. The molecule has 0 aliphatic carbocycles. The summed E-state index contributed by atoms with van der Waals surface area (Å²) < 4.78 is 0. The third-order valence-corrected chi connectivity index (χ3v) is 6.77. The highest BCUT2D eigenvalue weighted by atomic mass is 32.2. The number of carbonyl (C=O) groups is 3. The van der Waals surface area contributed by atoms with E-state index in [1.807, 2.05) is 12.3 Å². The Morgan fingerprint density at radius 1 is 1.16 bits per heavy atom. The number of rotatable bonds is 4. The topological polar surface area (TPSA) is 86.7 Å². The van der Waals surface area contributed by atoms with Crippen molar-refractivity contribution in [2.75, 3.05) is 22.6 Å². The fraction of sp³-hybridized carbons (Fsp3) is 0.435. The minimum absolute atomic E-state index is 0.0663. The number of nitrogens with zero attached hydrogens (tertiary/aromatic N) is 5. The molecule has 2 aliphatic rings. The highest BCUT2D eigenvalue weighted by Crippen LogP contribution is 2.43. The van der Waals surface area contributed by atoms with E-state index < -0.39 is 11.6 Å². The first-order valence-corrected chi connectivity index (χ1v) is 11.6. The summed E-state index contributed by atoms with van der Waals surface area (Å²) in [7, 11) is 0. The van der Waals surface area contributed by atoms with Crippen molar-refractivity contribution in [3.63, 3.8) is 0 Å². The monoisotopic (exact) mass is 453 g/mol. The molecule has 8 nitrogen and oxygen atoms in total. The van der Waals surface area contributed by atoms with Gasteiger partial charge in [0.1, 0.15) is 5.54 Å². The van der Waals surface area contributed by atoms with E-state index in [0.717, 1.165) is 11.3 Å². The van der Waals surface area contributed by atoms with Gasteiger partial charge in [-0.1, -0.05) is 31.7 Å². The molecule has 0 radical (unpaired) electrons. The molecular weight excluding hydrogens is 426 g/mol. The normalized spacial score (nSPS) is 19.0. The number of fused-ring (bicyclic) bond motifs is 1. The molecule has 0 atom stereocenters. The van der Waals surface area contributed by atoms with Crippen molar-refractivity contribution in [3.8, 4) is 0 Å². The number of anilines is 2. The summed E-state index contributed by atoms with van der Waals surface area (Å²) in [6.07, 6.45) is 3.54. The van der Waals surface area contributed by atoms with Crippen LogP contribution in [0, 0.1) is 0 Å². The lowest BCUT2D eigenvalue weighted by Gasteiger charge is -2.27. The Morgan fingerprint density at radius 3 is 2.53 bits per heavy atom. The molecule has 1 saturated heterocycles. The molecule has 3 heterocycles. The summed E-state index contributed by atoms with van der Waals surface area (Å²) in [5, 5.41) is 0.612. The third kappa shape index (κ3) is 3.44. The van der Waals surface area contributed by atoms with Crippen LogP contribution >= 0.6 is 11.8 Å². The molecule has 1 aromatic carbocycles. The number of urea groups is 1. The largest absolute Gasteiger partial charge is 0.332 e. The van der Waals surface area contributed by atoms with Gasteiger partial charge in [-0.05, 0) is 43.9 Å². The highest BCUT2D eigenvalue weighted by molar-refractivity contribution is 7.98. The lowest BCUT2D eigenvalue weighted by Crippen LogP contribution is -2.43. The van der Waals surface area contributed by atoms with E-state index in [1.165, 1.54) is 28.5 Å². The first-order chi connectivity index (χ1) is 15.0. The number of amides is 4. The molecule has 4 amide bonds. The summed E-state index contributed by atoms with van der Waals surface area (Å²) in [4.78, 5) is 52.1. The van der Waals surface area contributed by atoms with Gasteiger partial charge in [-0.25, -0.2) is 19.7 Å². The predicted octanol–water partition coefficient (Wildman–Crippen LogP) is 3.59. The van der Waals surface area contributed by atoms with Crippen LogP contribution in [0.5, 0.6) is 0 Å². The molecule has 9 heteroatoms. The minimum Gasteiger partial charge on any atom is -0.311 e. The summed E-state index contributed by atoms with van der Waals surface area (Å²) >= 11 is 1.42. The summed E-state index contributed by atoms with van der Waals surface area (Å²) in [5.74, 6) is -0.378. The maximum absolute atomic E-state index is 13.4. The Kier molecular flexibility index (Phi) is 5.27. The van der Waals surface area contributed by atoms with E-state index in [0.29, 0.717) is 23.1 Å². The van der Waals surface area contributed by atoms with Crippen molar-refractivity contribution < 1.29 is 14.4 Å². The van der Waals surface area contributed by atoms with E-state index in [4.69, 9.17) is 0 Å². The second-order valence-electron chi connectivity index (χ2n) is 9.29. The molecule has 2 aliphatic heterocycles. The maximum Gasteiger partial charge on any atom is 0.332 e. The second-order valence-corrected chi connectivity index (χ2v) is 10.1. The lowest BCUT2D eigenvalue weighted by molar-refractivity contribution is -0.123. The van der Waals surface area contributed by atoms with Crippen LogP contribution in [0.25, 0.3) is 0 Å². The molecule has 168 valence electrons. The van der Waals surface area contributed by atoms with Crippen molar-refractivity contribution in [2.45, 2.75) is 57.3 Å². The summed E-state index contributed by atoms with van der Waals surface area (Å²) in [5.41, 5.74) is 1.66. The molecule has 1 aromatic heterocycles.